The number of benzene rings is 1. The van der Waals surface area contributed by atoms with Crippen molar-refractivity contribution < 1.29 is 9.59 Å². The van der Waals surface area contributed by atoms with E-state index in [1.807, 2.05) is 35.2 Å². The molecule has 1 saturated heterocycles. The lowest BCUT2D eigenvalue weighted by atomic mass is 10.1. The number of nitrogens with one attached hydrogen (secondary N) is 2. The van der Waals surface area contributed by atoms with Gasteiger partial charge in [0.25, 0.3) is 0 Å². The van der Waals surface area contributed by atoms with E-state index in [0.29, 0.717) is 19.5 Å². The van der Waals surface area contributed by atoms with Crippen LogP contribution >= 0.6 is 0 Å². The lowest BCUT2D eigenvalue weighted by Gasteiger charge is -2.16. The molecule has 2 rings (SSSR count). The maximum atomic E-state index is 11.7. The molecule has 0 bridgehead atoms. The first-order chi connectivity index (χ1) is 9.75. The van der Waals surface area contributed by atoms with Crippen molar-refractivity contribution in [3.63, 3.8) is 0 Å². The molecule has 0 saturated carbocycles. The van der Waals surface area contributed by atoms with Crippen molar-refractivity contribution >= 4 is 11.9 Å². The van der Waals surface area contributed by atoms with Crippen LogP contribution in [0.2, 0.25) is 0 Å². The first-order valence-electron chi connectivity index (χ1n) is 7.09. The quantitative estimate of drug-likeness (QED) is 0.792. The van der Waals surface area contributed by atoms with E-state index in [2.05, 4.69) is 10.6 Å². The fourth-order valence-electron chi connectivity index (χ4n) is 2.25. The molecule has 0 aromatic heterocycles. The number of carbonyl (C=O) groups is 2. The Morgan fingerprint density at radius 2 is 1.65 bits per heavy atom. The Morgan fingerprint density at radius 3 is 2.35 bits per heavy atom. The summed E-state index contributed by atoms with van der Waals surface area (Å²) in [5, 5.41) is 5.62. The molecule has 1 fully saturated rings. The summed E-state index contributed by atoms with van der Waals surface area (Å²) < 4.78 is 0. The number of carbonyl (C=O) groups excluding carboxylic acids is 2. The standard InChI is InChI=1S/C15H21N3O2/c19-14(12-13-6-2-1-3-7-13)16-8-9-17-15(20)18-10-4-5-11-18/h1-3,6-7H,4-5,8-12H2,(H,16,19)(H,17,20). The number of rotatable bonds is 5. The summed E-state index contributed by atoms with van der Waals surface area (Å²) in [5.41, 5.74) is 0.992. The third kappa shape index (κ3) is 4.57. The maximum Gasteiger partial charge on any atom is 0.317 e. The Hall–Kier alpha value is -2.04. The lowest BCUT2D eigenvalue weighted by Crippen LogP contribution is -2.41. The smallest absolute Gasteiger partial charge is 0.317 e. The van der Waals surface area contributed by atoms with Gasteiger partial charge in [-0.2, -0.15) is 0 Å². The zero-order chi connectivity index (χ0) is 14.2. The van der Waals surface area contributed by atoms with Gasteiger partial charge >= 0.3 is 6.03 Å². The van der Waals surface area contributed by atoms with E-state index in [4.69, 9.17) is 0 Å². The second-order valence-corrected chi connectivity index (χ2v) is 4.94. The minimum atomic E-state index is -0.0280. The van der Waals surface area contributed by atoms with E-state index in [1.54, 1.807) is 0 Å². The monoisotopic (exact) mass is 275 g/mol. The molecule has 1 aromatic rings. The van der Waals surface area contributed by atoms with Crippen molar-refractivity contribution in [3.05, 3.63) is 35.9 Å². The Labute approximate surface area is 119 Å². The summed E-state index contributed by atoms with van der Waals surface area (Å²) in [6.07, 6.45) is 2.55. The van der Waals surface area contributed by atoms with Gasteiger partial charge in [-0.1, -0.05) is 30.3 Å². The molecule has 0 aliphatic carbocycles. The molecular weight excluding hydrogens is 254 g/mol. The van der Waals surface area contributed by atoms with Crippen LogP contribution in [-0.2, 0) is 11.2 Å². The average Bonchev–Trinajstić information content (AvgIpc) is 2.99. The Morgan fingerprint density at radius 1 is 1.00 bits per heavy atom. The minimum absolute atomic E-state index is 0.0216. The van der Waals surface area contributed by atoms with Gasteiger partial charge in [0, 0.05) is 26.2 Å². The Balaban J connectivity index is 1.58. The number of likely N-dealkylation sites (tertiary alicyclic amines) is 1. The molecule has 1 aromatic carbocycles. The van der Waals surface area contributed by atoms with E-state index in [0.717, 1.165) is 31.5 Å². The molecule has 0 atom stereocenters. The van der Waals surface area contributed by atoms with Gasteiger partial charge in [-0.05, 0) is 18.4 Å². The summed E-state index contributed by atoms with van der Waals surface area (Å²) in [5.74, 6) is -0.0216. The Kier molecular flexibility index (Phi) is 5.41. The molecule has 20 heavy (non-hydrogen) atoms. The van der Waals surface area contributed by atoms with Crippen molar-refractivity contribution in [3.8, 4) is 0 Å². The largest absolute Gasteiger partial charge is 0.354 e. The van der Waals surface area contributed by atoms with Gasteiger partial charge in [0.2, 0.25) is 5.91 Å². The summed E-state index contributed by atoms with van der Waals surface area (Å²) in [4.78, 5) is 25.2. The molecule has 2 N–H and O–H groups in total. The highest BCUT2D eigenvalue weighted by Crippen LogP contribution is 2.06. The van der Waals surface area contributed by atoms with Gasteiger partial charge in [0.15, 0.2) is 0 Å². The van der Waals surface area contributed by atoms with Crippen molar-refractivity contribution in [2.45, 2.75) is 19.3 Å². The van der Waals surface area contributed by atoms with Crippen molar-refractivity contribution in [2.24, 2.45) is 0 Å². The van der Waals surface area contributed by atoms with Crippen LogP contribution in [0.15, 0.2) is 30.3 Å². The SMILES string of the molecule is O=C(Cc1ccccc1)NCCNC(=O)N1CCCC1. The minimum Gasteiger partial charge on any atom is -0.354 e. The van der Waals surface area contributed by atoms with Crippen LogP contribution in [0, 0.1) is 0 Å². The first-order valence-corrected chi connectivity index (χ1v) is 7.09. The summed E-state index contributed by atoms with van der Waals surface area (Å²) in [6.45, 7) is 2.61. The van der Waals surface area contributed by atoms with Gasteiger partial charge in [0.05, 0.1) is 6.42 Å². The highest BCUT2D eigenvalue weighted by atomic mass is 16.2. The molecule has 0 radical (unpaired) electrons. The fraction of sp³-hybridized carbons (Fsp3) is 0.467. The third-order valence-corrected chi connectivity index (χ3v) is 3.32. The van der Waals surface area contributed by atoms with Gasteiger partial charge in [0.1, 0.15) is 0 Å². The van der Waals surface area contributed by atoms with Gasteiger partial charge in [-0.3, -0.25) is 4.79 Å². The highest BCUT2D eigenvalue weighted by molar-refractivity contribution is 5.78. The van der Waals surface area contributed by atoms with E-state index in [-0.39, 0.29) is 11.9 Å². The average molecular weight is 275 g/mol. The molecule has 0 unspecified atom stereocenters. The molecule has 108 valence electrons. The van der Waals surface area contributed by atoms with Crippen LogP contribution in [0.5, 0.6) is 0 Å². The normalized spacial score (nSPS) is 14.1. The van der Waals surface area contributed by atoms with Gasteiger partial charge in [-0.25, -0.2) is 4.79 Å². The van der Waals surface area contributed by atoms with Crippen molar-refractivity contribution in [2.75, 3.05) is 26.2 Å². The van der Waals surface area contributed by atoms with E-state index < -0.39 is 0 Å². The topological polar surface area (TPSA) is 61.4 Å². The summed E-state index contributed by atoms with van der Waals surface area (Å²) >= 11 is 0. The lowest BCUT2D eigenvalue weighted by molar-refractivity contribution is -0.120. The summed E-state index contributed by atoms with van der Waals surface area (Å²) in [7, 11) is 0. The van der Waals surface area contributed by atoms with E-state index in [9.17, 15) is 9.59 Å². The molecule has 1 aliphatic heterocycles. The van der Waals surface area contributed by atoms with Crippen LogP contribution in [0.3, 0.4) is 0 Å². The van der Waals surface area contributed by atoms with Gasteiger partial charge < -0.3 is 15.5 Å². The van der Waals surface area contributed by atoms with Crippen LogP contribution in [0.25, 0.3) is 0 Å². The van der Waals surface area contributed by atoms with Crippen molar-refractivity contribution in [1.29, 1.82) is 0 Å². The number of urea groups is 1. The predicted molar refractivity (Wildman–Crippen MR) is 77.4 cm³/mol. The first kappa shape index (κ1) is 14.4. The van der Waals surface area contributed by atoms with E-state index >= 15 is 0 Å². The number of nitrogens with zero attached hydrogens (tertiary/aromatic N) is 1. The Bertz CT molecular complexity index is 442. The molecule has 5 nitrogen and oxygen atoms in total. The molecule has 5 heteroatoms. The highest BCUT2D eigenvalue weighted by Gasteiger charge is 2.16. The van der Waals surface area contributed by atoms with Gasteiger partial charge in [-0.15, -0.1) is 0 Å². The number of hydrogen-bond acceptors (Lipinski definition) is 2. The fourth-order valence-corrected chi connectivity index (χ4v) is 2.25. The van der Waals surface area contributed by atoms with Crippen LogP contribution < -0.4 is 10.6 Å². The van der Waals surface area contributed by atoms with Crippen LogP contribution in [0.4, 0.5) is 4.79 Å². The molecule has 3 amide bonds. The zero-order valence-electron chi connectivity index (χ0n) is 11.6. The van der Waals surface area contributed by atoms with Crippen molar-refractivity contribution in [1.82, 2.24) is 15.5 Å². The van der Waals surface area contributed by atoms with E-state index in [1.165, 1.54) is 0 Å². The second-order valence-electron chi connectivity index (χ2n) is 4.94. The summed E-state index contributed by atoms with van der Waals surface area (Å²) in [6, 6.07) is 9.58. The van der Waals surface area contributed by atoms with Crippen LogP contribution in [-0.4, -0.2) is 43.0 Å². The second kappa shape index (κ2) is 7.53. The van der Waals surface area contributed by atoms with Crippen LogP contribution in [0.1, 0.15) is 18.4 Å². The number of amides is 3. The maximum absolute atomic E-state index is 11.7. The molecule has 1 heterocycles. The zero-order valence-corrected chi connectivity index (χ0v) is 11.6. The molecule has 0 spiro atoms. The predicted octanol–water partition coefficient (Wildman–Crippen LogP) is 1.15. The third-order valence-electron chi connectivity index (χ3n) is 3.32. The molecular formula is C15H21N3O2. The number of hydrogen-bond donors (Lipinski definition) is 2. The molecule has 1 aliphatic rings.